The van der Waals surface area contributed by atoms with Crippen LogP contribution in [0.4, 0.5) is 5.69 Å². The maximum Gasteiger partial charge on any atom is 0.243 e. The van der Waals surface area contributed by atoms with Crippen molar-refractivity contribution in [2.24, 2.45) is 5.92 Å². The summed E-state index contributed by atoms with van der Waals surface area (Å²) in [7, 11) is -3.50. The van der Waals surface area contributed by atoms with Gasteiger partial charge >= 0.3 is 0 Å². The van der Waals surface area contributed by atoms with Gasteiger partial charge in [0.1, 0.15) is 0 Å². The van der Waals surface area contributed by atoms with Gasteiger partial charge in [0, 0.05) is 24.7 Å². The normalized spacial score (nSPS) is 17.9. The number of anilines is 1. The molecule has 1 N–H and O–H groups in total. The number of nitrogens with one attached hydrogen (secondary N) is 1. The third-order valence-corrected chi connectivity index (χ3v) is 8.08. The van der Waals surface area contributed by atoms with E-state index in [2.05, 4.69) is 5.32 Å². The molecule has 1 amide bonds. The summed E-state index contributed by atoms with van der Waals surface area (Å²) in [4.78, 5) is 13.1. The van der Waals surface area contributed by atoms with Crippen LogP contribution in [0.15, 0.2) is 41.3 Å². The van der Waals surface area contributed by atoms with Crippen LogP contribution in [0.25, 0.3) is 0 Å². The molecule has 5 nitrogen and oxygen atoms in total. The van der Waals surface area contributed by atoms with Crippen molar-refractivity contribution in [3.8, 4) is 0 Å². The van der Waals surface area contributed by atoms with Crippen LogP contribution in [-0.4, -0.2) is 31.7 Å². The van der Waals surface area contributed by atoms with Crippen molar-refractivity contribution in [3.63, 3.8) is 0 Å². The molecule has 1 heterocycles. The van der Waals surface area contributed by atoms with E-state index in [1.54, 1.807) is 6.07 Å². The SMILES string of the molecule is Cc1ccc(C)c(NC(=O)C2CCN(S(=O)(=O)c3ccc4c(c3)CCC4)CC2)c1. The fourth-order valence-electron chi connectivity index (χ4n) is 4.32. The van der Waals surface area contributed by atoms with E-state index in [1.165, 1.54) is 9.87 Å². The molecule has 0 spiro atoms. The van der Waals surface area contributed by atoms with Crippen molar-refractivity contribution < 1.29 is 13.2 Å². The number of hydrogen-bond donors (Lipinski definition) is 1. The number of benzene rings is 2. The van der Waals surface area contributed by atoms with Gasteiger partial charge in [-0.05, 0) is 86.4 Å². The Morgan fingerprint density at radius 2 is 1.72 bits per heavy atom. The molecule has 0 radical (unpaired) electrons. The first-order valence-electron chi connectivity index (χ1n) is 10.3. The molecule has 0 atom stereocenters. The van der Waals surface area contributed by atoms with Crippen LogP contribution in [-0.2, 0) is 27.7 Å². The second-order valence-electron chi connectivity index (χ2n) is 8.27. The largest absolute Gasteiger partial charge is 0.326 e. The summed E-state index contributed by atoms with van der Waals surface area (Å²) in [5.74, 6) is -0.185. The first-order chi connectivity index (χ1) is 13.8. The van der Waals surface area contributed by atoms with Crippen LogP contribution >= 0.6 is 0 Å². The van der Waals surface area contributed by atoms with E-state index in [4.69, 9.17) is 0 Å². The highest BCUT2D eigenvalue weighted by molar-refractivity contribution is 7.89. The molecule has 2 aliphatic rings. The number of amides is 1. The van der Waals surface area contributed by atoms with Gasteiger partial charge in [-0.3, -0.25) is 4.79 Å². The number of sulfonamides is 1. The molecule has 1 fully saturated rings. The Balaban J connectivity index is 1.41. The Morgan fingerprint density at radius 1 is 1.00 bits per heavy atom. The second kappa shape index (κ2) is 7.92. The van der Waals surface area contributed by atoms with Gasteiger partial charge in [0.25, 0.3) is 0 Å². The fraction of sp³-hybridized carbons (Fsp3) is 0.435. The zero-order valence-electron chi connectivity index (χ0n) is 17.1. The number of fused-ring (bicyclic) bond motifs is 1. The van der Waals surface area contributed by atoms with Gasteiger partial charge in [0.15, 0.2) is 0 Å². The van der Waals surface area contributed by atoms with E-state index < -0.39 is 10.0 Å². The minimum atomic E-state index is -3.50. The number of piperidine rings is 1. The lowest BCUT2D eigenvalue weighted by Gasteiger charge is -2.30. The van der Waals surface area contributed by atoms with Crippen LogP contribution in [0, 0.1) is 19.8 Å². The first kappa shape index (κ1) is 20.1. The molecule has 2 aromatic carbocycles. The van der Waals surface area contributed by atoms with Crippen molar-refractivity contribution in [1.82, 2.24) is 4.31 Å². The molecule has 0 bridgehead atoms. The van der Waals surface area contributed by atoms with Crippen molar-refractivity contribution in [3.05, 3.63) is 58.7 Å². The van der Waals surface area contributed by atoms with Gasteiger partial charge in [0.2, 0.25) is 15.9 Å². The summed E-state index contributed by atoms with van der Waals surface area (Å²) in [5, 5.41) is 3.03. The van der Waals surface area contributed by atoms with Crippen LogP contribution in [0.3, 0.4) is 0 Å². The highest BCUT2D eigenvalue weighted by Gasteiger charge is 2.32. The van der Waals surface area contributed by atoms with Gasteiger partial charge in [-0.2, -0.15) is 4.31 Å². The third kappa shape index (κ3) is 4.09. The molecule has 1 saturated heterocycles. The molecule has 1 aliphatic heterocycles. The average Bonchev–Trinajstić information content (AvgIpc) is 3.18. The zero-order valence-corrected chi connectivity index (χ0v) is 17.9. The molecule has 6 heteroatoms. The average molecular weight is 413 g/mol. The molecule has 1 aliphatic carbocycles. The topological polar surface area (TPSA) is 66.5 Å². The van der Waals surface area contributed by atoms with Crippen molar-refractivity contribution >= 4 is 21.6 Å². The number of hydrogen-bond acceptors (Lipinski definition) is 3. The number of carbonyl (C=O) groups is 1. The maximum absolute atomic E-state index is 13.1. The number of nitrogens with zero attached hydrogens (tertiary/aromatic N) is 1. The predicted octanol–water partition coefficient (Wildman–Crippen LogP) is 3.83. The van der Waals surface area contributed by atoms with Gasteiger partial charge in [0.05, 0.1) is 4.90 Å². The summed E-state index contributed by atoms with van der Waals surface area (Å²) in [6.45, 7) is 4.73. The van der Waals surface area contributed by atoms with Crippen LogP contribution in [0.2, 0.25) is 0 Å². The lowest BCUT2D eigenvalue weighted by atomic mass is 9.97. The van der Waals surface area contributed by atoms with Crippen molar-refractivity contribution in [2.45, 2.75) is 50.8 Å². The Labute approximate surface area is 173 Å². The molecule has 0 saturated carbocycles. The summed E-state index contributed by atoms with van der Waals surface area (Å²) in [6.07, 6.45) is 4.18. The summed E-state index contributed by atoms with van der Waals surface area (Å²) < 4.78 is 27.7. The summed E-state index contributed by atoms with van der Waals surface area (Å²) >= 11 is 0. The number of aryl methyl sites for hydroxylation is 4. The Morgan fingerprint density at radius 3 is 2.48 bits per heavy atom. The third-order valence-electron chi connectivity index (χ3n) is 6.18. The van der Waals surface area contributed by atoms with E-state index in [0.717, 1.165) is 41.6 Å². The molecule has 0 unspecified atom stereocenters. The minimum absolute atomic E-state index is 0.0201. The molecule has 4 rings (SSSR count). The smallest absolute Gasteiger partial charge is 0.243 e. The molecule has 0 aromatic heterocycles. The fourth-order valence-corrected chi connectivity index (χ4v) is 5.84. The summed E-state index contributed by atoms with van der Waals surface area (Å²) in [6, 6.07) is 11.5. The Hall–Kier alpha value is -2.18. The van der Waals surface area contributed by atoms with E-state index in [1.807, 2.05) is 44.2 Å². The minimum Gasteiger partial charge on any atom is -0.326 e. The number of rotatable bonds is 4. The van der Waals surface area contributed by atoms with Crippen molar-refractivity contribution in [2.75, 3.05) is 18.4 Å². The maximum atomic E-state index is 13.1. The Kier molecular flexibility index (Phi) is 5.49. The van der Waals surface area contributed by atoms with Gasteiger partial charge in [-0.1, -0.05) is 18.2 Å². The van der Waals surface area contributed by atoms with Crippen molar-refractivity contribution in [1.29, 1.82) is 0 Å². The second-order valence-corrected chi connectivity index (χ2v) is 10.2. The van der Waals surface area contributed by atoms with Crippen LogP contribution < -0.4 is 5.32 Å². The van der Waals surface area contributed by atoms with E-state index in [0.29, 0.717) is 30.8 Å². The first-order valence-corrected chi connectivity index (χ1v) is 11.8. The molecule has 2 aromatic rings. The molecular weight excluding hydrogens is 384 g/mol. The lowest BCUT2D eigenvalue weighted by Crippen LogP contribution is -2.41. The van der Waals surface area contributed by atoms with E-state index in [-0.39, 0.29) is 11.8 Å². The van der Waals surface area contributed by atoms with E-state index in [9.17, 15) is 13.2 Å². The summed E-state index contributed by atoms with van der Waals surface area (Å²) in [5.41, 5.74) is 5.39. The van der Waals surface area contributed by atoms with Gasteiger partial charge in [-0.15, -0.1) is 0 Å². The quantitative estimate of drug-likeness (QED) is 0.830. The molecule has 154 valence electrons. The number of carbonyl (C=O) groups excluding carboxylic acids is 1. The van der Waals surface area contributed by atoms with Gasteiger partial charge < -0.3 is 5.32 Å². The lowest BCUT2D eigenvalue weighted by molar-refractivity contribution is -0.120. The highest BCUT2D eigenvalue weighted by Crippen LogP contribution is 2.29. The zero-order chi connectivity index (χ0) is 20.6. The molecule has 29 heavy (non-hydrogen) atoms. The molecular formula is C23H28N2O3S. The predicted molar refractivity (Wildman–Crippen MR) is 114 cm³/mol. The Bertz CT molecular complexity index is 1040. The van der Waals surface area contributed by atoms with Crippen LogP contribution in [0.5, 0.6) is 0 Å². The van der Waals surface area contributed by atoms with Gasteiger partial charge in [-0.25, -0.2) is 8.42 Å². The highest BCUT2D eigenvalue weighted by atomic mass is 32.2. The monoisotopic (exact) mass is 412 g/mol. The van der Waals surface area contributed by atoms with Crippen LogP contribution in [0.1, 0.15) is 41.5 Å². The standard InChI is InChI=1S/C23H28N2O3S/c1-16-6-7-17(2)22(14-16)24-23(26)19-10-12-25(13-11-19)29(27,28)21-9-8-18-4-3-5-20(18)15-21/h6-9,14-15,19H,3-5,10-13H2,1-2H3,(H,24,26). The van der Waals surface area contributed by atoms with E-state index >= 15 is 0 Å².